The molecule has 136 valence electrons. The van der Waals surface area contributed by atoms with Crippen molar-refractivity contribution in [2.45, 2.75) is 0 Å². The van der Waals surface area contributed by atoms with Crippen LogP contribution in [0.15, 0.2) is 55.2 Å². The maximum atomic E-state index is 12.2. The Labute approximate surface area is 182 Å². The molecule has 4 nitrogen and oxygen atoms in total. The van der Waals surface area contributed by atoms with Crippen molar-refractivity contribution in [3.63, 3.8) is 0 Å². The first-order chi connectivity index (χ1) is 13.0. The second-order valence-corrected chi connectivity index (χ2v) is 8.44. The Morgan fingerprint density at radius 2 is 1.93 bits per heavy atom. The van der Waals surface area contributed by atoms with Crippen molar-refractivity contribution in [1.82, 2.24) is 5.32 Å². The Morgan fingerprint density at radius 3 is 2.56 bits per heavy atom. The minimum atomic E-state index is -0.201. The fourth-order valence-electron chi connectivity index (χ4n) is 2.18. The zero-order chi connectivity index (χ0) is 19.4. The van der Waals surface area contributed by atoms with Gasteiger partial charge in [-0.3, -0.25) is 4.79 Å². The average Bonchev–Trinajstić information content (AvgIpc) is 2.95. The summed E-state index contributed by atoms with van der Waals surface area (Å²) < 4.78 is 6.96. The van der Waals surface area contributed by atoms with Gasteiger partial charge in [0, 0.05) is 5.02 Å². The number of hydrogen-bond acceptors (Lipinski definition) is 4. The second-order valence-electron chi connectivity index (χ2n) is 5.26. The number of amidine groups is 1. The maximum absolute atomic E-state index is 12.2. The number of nitrogens with one attached hydrogen (secondary N) is 1. The predicted octanol–water partition coefficient (Wildman–Crippen LogP) is 5.77. The third-order valence-corrected chi connectivity index (χ3v) is 5.67. The molecular formula is C19H11Br2ClN2O2S. The lowest BCUT2D eigenvalue weighted by molar-refractivity contribution is -0.115. The summed E-state index contributed by atoms with van der Waals surface area (Å²) in [6.07, 6.45) is 7.01. The highest BCUT2D eigenvalue weighted by Gasteiger charge is 2.24. The number of nitrogens with zero attached hydrogens (tertiary/aromatic N) is 1. The van der Waals surface area contributed by atoms with Gasteiger partial charge < -0.3 is 10.1 Å². The Kier molecular flexibility index (Phi) is 6.66. The van der Waals surface area contributed by atoms with Gasteiger partial charge >= 0.3 is 0 Å². The van der Waals surface area contributed by atoms with E-state index in [4.69, 9.17) is 22.8 Å². The van der Waals surface area contributed by atoms with Gasteiger partial charge in [0.15, 0.2) is 5.17 Å². The number of benzene rings is 2. The molecule has 0 spiro atoms. The molecule has 0 atom stereocenters. The smallest absolute Gasteiger partial charge is 0.264 e. The number of carbonyl (C=O) groups excluding carboxylic acids is 1. The second kappa shape index (κ2) is 8.98. The van der Waals surface area contributed by atoms with Crippen LogP contribution in [0.4, 0.5) is 5.69 Å². The van der Waals surface area contributed by atoms with Crippen molar-refractivity contribution in [1.29, 1.82) is 0 Å². The Balaban J connectivity index is 1.82. The number of aliphatic imine (C=N–C) groups is 1. The molecule has 1 N–H and O–H groups in total. The SMILES string of the molecule is C#CCOc1c(Br)cc(/C=C2\SC(=Nc3ccc(Cl)cc3)NC2=O)cc1Br. The van der Waals surface area contributed by atoms with Gasteiger partial charge in [-0.1, -0.05) is 17.5 Å². The van der Waals surface area contributed by atoms with Gasteiger partial charge in [-0.25, -0.2) is 4.99 Å². The largest absolute Gasteiger partial charge is 0.479 e. The van der Waals surface area contributed by atoms with Crippen molar-refractivity contribution in [3.05, 3.63) is 60.8 Å². The number of hydrogen-bond donors (Lipinski definition) is 1. The Bertz CT molecular complexity index is 975. The highest BCUT2D eigenvalue weighted by Crippen LogP contribution is 2.36. The van der Waals surface area contributed by atoms with Crippen LogP contribution in [0.1, 0.15) is 5.56 Å². The molecule has 1 heterocycles. The molecular weight excluding hydrogens is 516 g/mol. The van der Waals surface area contributed by atoms with E-state index in [1.807, 2.05) is 12.1 Å². The lowest BCUT2D eigenvalue weighted by atomic mass is 10.2. The van der Waals surface area contributed by atoms with Gasteiger partial charge in [0.05, 0.1) is 19.5 Å². The van der Waals surface area contributed by atoms with Gasteiger partial charge in [-0.2, -0.15) is 0 Å². The minimum Gasteiger partial charge on any atom is -0.479 e. The van der Waals surface area contributed by atoms with Crippen molar-refractivity contribution in [3.8, 4) is 18.1 Å². The summed E-state index contributed by atoms with van der Waals surface area (Å²) in [7, 11) is 0. The summed E-state index contributed by atoms with van der Waals surface area (Å²) in [5.41, 5.74) is 1.54. The zero-order valence-corrected chi connectivity index (χ0v) is 18.4. The molecule has 1 saturated heterocycles. The number of amides is 1. The number of thioether (sulfide) groups is 1. The zero-order valence-electron chi connectivity index (χ0n) is 13.6. The topological polar surface area (TPSA) is 50.7 Å². The quantitative estimate of drug-likeness (QED) is 0.407. The summed E-state index contributed by atoms with van der Waals surface area (Å²) in [5, 5.41) is 3.91. The lowest BCUT2D eigenvalue weighted by Crippen LogP contribution is -2.19. The fraction of sp³-hybridized carbons (Fsp3) is 0.0526. The van der Waals surface area contributed by atoms with Crippen molar-refractivity contribution >= 4 is 78.1 Å². The first-order valence-electron chi connectivity index (χ1n) is 7.56. The normalized spacial score (nSPS) is 16.4. The van der Waals surface area contributed by atoms with Crippen molar-refractivity contribution < 1.29 is 9.53 Å². The molecule has 2 aromatic rings. The molecule has 1 aliphatic heterocycles. The molecule has 2 aromatic carbocycles. The van der Waals surface area contributed by atoms with E-state index in [9.17, 15) is 4.79 Å². The number of rotatable bonds is 4. The standard InChI is InChI=1S/C19H11Br2ClN2O2S/c1-2-7-26-17-14(20)8-11(9-15(17)21)10-16-18(25)24-19(27-16)23-13-5-3-12(22)4-6-13/h1,3-6,8-10H,7H2,(H,23,24,25)/b16-10-. The fourth-order valence-corrected chi connectivity index (χ4v) is 4.60. The molecule has 27 heavy (non-hydrogen) atoms. The molecule has 0 radical (unpaired) electrons. The molecule has 1 aliphatic rings. The minimum absolute atomic E-state index is 0.167. The van der Waals surface area contributed by atoms with Crippen LogP contribution >= 0.6 is 55.2 Å². The predicted molar refractivity (Wildman–Crippen MR) is 118 cm³/mol. The summed E-state index contributed by atoms with van der Waals surface area (Å²) in [6, 6.07) is 10.8. The van der Waals surface area contributed by atoms with Crippen LogP contribution in [0, 0.1) is 12.3 Å². The molecule has 0 aliphatic carbocycles. The van der Waals surface area contributed by atoms with Crippen LogP contribution in [0.2, 0.25) is 5.02 Å². The lowest BCUT2D eigenvalue weighted by Gasteiger charge is -2.09. The van der Waals surface area contributed by atoms with Gasteiger partial charge in [0.25, 0.3) is 5.91 Å². The molecule has 1 amide bonds. The van der Waals surface area contributed by atoms with Gasteiger partial charge in [-0.05, 0) is 91.7 Å². The number of terminal acetylenes is 1. The molecule has 3 rings (SSSR count). The highest BCUT2D eigenvalue weighted by atomic mass is 79.9. The van der Waals surface area contributed by atoms with Crippen LogP contribution in [0.3, 0.4) is 0 Å². The summed E-state index contributed by atoms with van der Waals surface area (Å²) >= 11 is 14.1. The van der Waals surface area contributed by atoms with Crippen LogP contribution in [-0.2, 0) is 4.79 Å². The van der Waals surface area contributed by atoms with Gasteiger partial charge in [0.1, 0.15) is 12.4 Å². The van der Waals surface area contributed by atoms with E-state index in [1.165, 1.54) is 11.8 Å². The maximum Gasteiger partial charge on any atom is 0.264 e. The molecule has 0 bridgehead atoms. The third-order valence-electron chi connectivity index (χ3n) is 3.33. The number of carbonyl (C=O) groups is 1. The first kappa shape index (κ1) is 20.0. The first-order valence-corrected chi connectivity index (χ1v) is 10.3. The molecule has 0 unspecified atom stereocenters. The van der Waals surface area contributed by atoms with Crippen LogP contribution in [-0.4, -0.2) is 17.7 Å². The summed E-state index contributed by atoms with van der Waals surface area (Å²) in [6.45, 7) is 0.167. The van der Waals surface area contributed by atoms with Crippen LogP contribution in [0.25, 0.3) is 6.08 Å². The Hall–Kier alpha value is -1.72. The van der Waals surface area contributed by atoms with E-state index in [-0.39, 0.29) is 12.5 Å². The molecule has 0 saturated carbocycles. The van der Waals surface area contributed by atoms with Crippen LogP contribution < -0.4 is 10.1 Å². The Morgan fingerprint density at radius 1 is 1.26 bits per heavy atom. The number of ether oxygens (including phenoxy) is 1. The van der Waals surface area contributed by atoms with Crippen LogP contribution in [0.5, 0.6) is 5.75 Å². The molecule has 0 aromatic heterocycles. The number of halogens is 3. The highest BCUT2D eigenvalue weighted by molar-refractivity contribution is 9.11. The van der Waals surface area contributed by atoms with E-state index in [1.54, 1.807) is 30.3 Å². The van der Waals surface area contributed by atoms with Gasteiger partial charge in [0.2, 0.25) is 0 Å². The van der Waals surface area contributed by atoms with E-state index in [0.29, 0.717) is 26.5 Å². The van der Waals surface area contributed by atoms with E-state index in [0.717, 1.165) is 14.5 Å². The van der Waals surface area contributed by atoms with Crippen molar-refractivity contribution in [2.75, 3.05) is 6.61 Å². The monoisotopic (exact) mass is 524 g/mol. The van der Waals surface area contributed by atoms with Gasteiger partial charge in [-0.15, -0.1) is 6.42 Å². The molecule has 8 heteroatoms. The van der Waals surface area contributed by atoms with Crippen molar-refractivity contribution in [2.24, 2.45) is 4.99 Å². The third kappa shape index (κ3) is 5.17. The summed E-state index contributed by atoms with van der Waals surface area (Å²) in [5.74, 6) is 2.84. The average molecular weight is 527 g/mol. The van der Waals surface area contributed by atoms with E-state index >= 15 is 0 Å². The summed E-state index contributed by atoms with van der Waals surface area (Å²) in [4.78, 5) is 17.2. The molecule has 1 fully saturated rings. The van der Waals surface area contributed by atoms with E-state index in [2.05, 4.69) is 48.1 Å². The van der Waals surface area contributed by atoms with E-state index < -0.39 is 0 Å².